The van der Waals surface area contributed by atoms with E-state index >= 15 is 0 Å². The molecule has 1 aliphatic heterocycles. The van der Waals surface area contributed by atoms with E-state index in [9.17, 15) is 0 Å². The van der Waals surface area contributed by atoms with Crippen LogP contribution < -0.4 is 0 Å². The number of rotatable bonds is 4. The van der Waals surface area contributed by atoms with Crippen molar-refractivity contribution in [2.75, 3.05) is 6.61 Å². The smallest absolute Gasteiger partial charge is 0.225 e. The van der Waals surface area contributed by atoms with Crippen molar-refractivity contribution >= 4 is 34.4 Å². The minimum absolute atomic E-state index is 0.153. The Bertz CT molecular complexity index is 1380. The van der Waals surface area contributed by atoms with E-state index in [0.29, 0.717) is 28.9 Å². The number of halogens is 2. The first-order chi connectivity index (χ1) is 17.1. The molecule has 6 nitrogen and oxygen atoms in total. The lowest BCUT2D eigenvalue weighted by Gasteiger charge is -2.30. The van der Waals surface area contributed by atoms with Gasteiger partial charge >= 0.3 is 0 Å². The molecule has 4 aromatic rings. The Morgan fingerprint density at radius 3 is 2.69 bits per heavy atom. The molecular formula is C27H27Cl2N5O. The van der Waals surface area contributed by atoms with E-state index < -0.39 is 0 Å². The lowest BCUT2D eigenvalue weighted by molar-refractivity contribution is 0.0610. The fourth-order valence-corrected chi connectivity index (χ4v) is 5.87. The minimum Gasteiger partial charge on any atom is -0.365 e. The van der Waals surface area contributed by atoms with Crippen molar-refractivity contribution in [3.05, 3.63) is 70.0 Å². The molecule has 3 aromatic heterocycles. The normalized spacial score (nSPS) is 22.3. The van der Waals surface area contributed by atoms with Gasteiger partial charge in [-0.05, 0) is 59.9 Å². The third-order valence-electron chi connectivity index (χ3n) is 7.39. The van der Waals surface area contributed by atoms with E-state index in [1.807, 2.05) is 6.07 Å². The van der Waals surface area contributed by atoms with Crippen LogP contribution in [-0.2, 0) is 17.7 Å². The van der Waals surface area contributed by atoms with Crippen molar-refractivity contribution in [3.8, 4) is 11.3 Å². The van der Waals surface area contributed by atoms with E-state index in [0.717, 1.165) is 41.4 Å². The Kier molecular flexibility index (Phi) is 6.21. The fourth-order valence-electron chi connectivity index (χ4n) is 5.53. The molecule has 1 aromatic carbocycles. The Hall–Kier alpha value is -2.54. The summed E-state index contributed by atoms with van der Waals surface area (Å²) in [6.45, 7) is 3.84. The fraction of sp³-hybridized carbons (Fsp3) is 0.407. The van der Waals surface area contributed by atoms with Crippen LogP contribution in [0.2, 0.25) is 10.3 Å². The average molecular weight is 508 g/mol. The summed E-state index contributed by atoms with van der Waals surface area (Å²) in [6.07, 6.45) is 8.92. The number of hydrogen-bond acceptors (Lipinski definition) is 5. The van der Waals surface area contributed by atoms with Gasteiger partial charge in [0.15, 0.2) is 5.65 Å². The Morgan fingerprint density at radius 2 is 1.86 bits per heavy atom. The van der Waals surface area contributed by atoms with Gasteiger partial charge in [-0.3, -0.25) is 4.98 Å². The first-order valence-corrected chi connectivity index (χ1v) is 13.1. The molecule has 180 valence electrons. The number of fused-ring (bicyclic) bond motifs is 2. The number of hydrogen-bond donors (Lipinski definition) is 0. The standard InChI is InChI=1S/C27H27Cl2N5O/c1-16-6-8-17(9-7-16)15-34-23-22(19-12-20(28)14-30-13-19)31-27(29)33-25(23)32-26(34)24-21-5-3-2-4-18(21)10-11-35-24/h2-5,12-14,16-17,24H,6-11,15H2,1H3/t16-,17-,24?. The largest absolute Gasteiger partial charge is 0.365 e. The highest BCUT2D eigenvalue weighted by Gasteiger charge is 2.31. The van der Waals surface area contributed by atoms with E-state index in [2.05, 4.69) is 50.7 Å². The predicted molar refractivity (Wildman–Crippen MR) is 138 cm³/mol. The maximum absolute atomic E-state index is 6.39. The summed E-state index contributed by atoms with van der Waals surface area (Å²) in [7, 11) is 0. The molecule has 0 radical (unpaired) electrons. The van der Waals surface area contributed by atoms with Crippen LogP contribution in [0.3, 0.4) is 0 Å². The van der Waals surface area contributed by atoms with Gasteiger partial charge in [-0.1, -0.05) is 55.6 Å². The van der Waals surface area contributed by atoms with Gasteiger partial charge in [-0.2, -0.15) is 4.98 Å². The first kappa shape index (κ1) is 22.9. The van der Waals surface area contributed by atoms with Crippen molar-refractivity contribution in [2.24, 2.45) is 11.8 Å². The van der Waals surface area contributed by atoms with Gasteiger partial charge in [0.05, 0.1) is 11.6 Å². The lowest BCUT2D eigenvalue weighted by atomic mass is 9.83. The van der Waals surface area contributed by atoms with Gasteiger partial charge in [0.1, 0.15) is 23.1 Å². The number of nitrogens with zero attached hydrogens (tertiary/aromatic N) is 5. The quantitative estimate of drug-likeness (QED) is 0.288. The highest BCUT2D eigenvalue weighted by Crippen LogP contribution is 2.38. The lowest BCUT2D eigenvalue weighted by Crippen LogP contribution is -2.24. The molecule has 1 aliphatic carbocycles. The summed E-state index contributed by atoms with van der Waals surface area (Å²) < 4.78 is 8.65. The Morgan fingerprint density at radius 1 is 1.03 bits per heavy atom. The zero-order valence-corrected chi connectivity index (χ0v) is 21.1. The van der Waals surface area contributed by atoms with Crippen molar-refractivity contribution < 1.29 is 4.74 Å². The van der Waals surface area contributed by atoms with Crippen LogP contribution in [0.25, 0.3) is 22.4 Å². The summed E-state index contributed by atoms with van der Waals surface area (Å²) in [5.74, 6) is 2.20. The molecule has 2 aliphatic rings. The molecule has 8 heteroatoms. The Balaban J connectivity index is 1.56. The summed E-state index contributed by atoms with van der Waals surface area (Å²) >= 11 is 12.7. The third kappa shape index (κ3) is 4.44. The van der Waals surface area contributed by atoms with Gasteiger partial charge in [0, 0.05) is 24.5 Å². The molecule has 0 saturated heterocycles. The van der Waals surface area contributed by atoms with Gasteiger partial charge in [-0.15, -0.1) is 0 Å². The first-order valence-electron chi connectivity index (χ1n) is 12.3. The molecule has 0 bridgehead atoms. The summed E-state index contributed by atoms with van der Waals surface area (Å²) in [5, 5.41) is 0.697. The van der Waals surface area contributed by atoms with Crippen LogP contribution >= 0.6 is 23.2 Å². The van der Waals surface area contributed by atoms with Crippen LogP contribution in [-0.4, -0.2) is 31.1 Å². The molecule has 0 amide bonds. The molecule has 4 heterocycles. The van der Waals surface area contributed by atoms with Gasteiger partial charge < -0.3 is 9.30 Å². The second kappa shape index (κ2) is 9.49. The Labute approximate surface area is 214 Å². The number of pyridine rings is 1. The summed E-state index contributed by atoms with van der Waals surface area (Å²) in [6, 6.07) is 10.3. The summed E-state index contributed by atoms with van der Waals surface area (Å²) in [5.41, 5.74) is 5.39. The van der Waals surface area contributed by atoms with E-state index in [1.165, 1.54) is 31.2 Å². The zero-order valence-electron chi connectivity index (χ0n) is 19.6. The van der Waals surface area contributed by atoms with Crippen molar-refractivity contribution in [1.82, 2.24) is 24.5 Å². The molecule has 1 saturated carbocycles. The minimum atomic E-state index is -0.263. The zero-order chi connectivity index (χ0) is 23.9. The van der Waals surface area contributed by atoms with Crippen molar-refractivity contribution in [3.63, 3.8) is 0 Å². The van der Waals surface area contributed by atoms with Crippen molar-refractivity contribution in [1.29, 1.82) is 0 Å². The predicted octanol–water partition coefficient (Wildman–Crippen LogP) is 6.68. The van der Waals surface area contributed by atoms with Crippen LogP contribution in [0.15, 0.2) is 42.7 Å². The van der Waals surface area contributed by atoms with Crippen molar-refractivity contribution in [2.45, 2.75) is 51.7 Å². The van der Waals surface area contributed by atoms with Crippen LogP contribution in [0, 0.1) is 11.8 Å². The van der Waals surface area contributed by atoms with E-state index in [-0.39, 0.29) is 11.4 Å². The van der Waals surface area contributed by atoms with Crippen LogP contribution in [0.4, 0.5) is 0 Å². The molecular weight excluding hydrogens is 481 g/mol. The highest BCUT2D eigenvalue weighted by atomic mass is 35.5. The molecule has 1 atom stereocenters. The molecule has 1 fully saturated rings. The van der Waals surface area contributed by atoms with Crippen LogP contribution in [0.1, 0.15) is 55.7 Å². The highest BCUT2D eigenvalue weighted by molar-refractivity contribution is 6.30. The van der Waals surface area contributed by atoms with E-state index in [1.54, 1.807) is 12.4 Å². The molecule has 35 heavy (non-hydrogen) atoms. The average Bonchev–Trinajstić information content (AvgIpc) is 3.22. The molecule has 0 N–H and O–H groups in total. The number of benzene rings is 1. The van der Waals surface area contributed by atoms with Crippen LogP contribution in [0.5, 0.6) is 0 Å². The number of imidazole rings is 1. The number of aromatic nitrogens is 5. The van der Waals surface area contributed by atoms with Gasteiger partial charge in [-0.25, -0.2) is 9.97 Å². The molecule has 1 unspecified atom stereocenters. The third-order valence-corrected chi connectivity index (χ3v) is 7.76. The molecule has 0 spiro atoms. The maximum Gasteiger partial charge on any atom is 0.225 e. The maximum atomic E-state index is 6.39. The second-order valence-electron chi connectivity index (χ2n) is 9.81. The van der Waals surface area contributed by atoms with Gasteiger partial charge in [0.25, 0.3) is 0 Å². The number of ether oxygens (including phenoxy) is 1. The van der Waals surface area contributed by atoms with E-state index in [4.69, 9.17) is 32.9 Å². The van der Waals surface area contributed by atoms with Gasteiger partial charge in [0.2, 0.25) is 5.28 Å². The summed E-state index contributed by atoms with van der Waals surface area (Å²) in [4.78, 5) is 18.5. The topological polar surface area (TPSA) is 65.7 Å². The molecule has 6 rings (SSSR count). The monoisotopic (exact) mass is 507 g/mol. The second-order valence-corrected chi connectivity index (χ2v) is 10.6. The SMILES string of the molecule is C[C@H]1CC[C@H](Cn2c(C3OCCc4ccccc43)nc3nc(Cl)nc(-c4cncc(Cl)c4)c32)CC1.